The molecule has 0 spiro atoms. The fourth-order valence-electron chi connectivity index (χ4n) is 3.38. The number of hydrogen-bond acceptors (Lipinski definition) is 4. The molecule has 1 unspecified atom stereocenters. The molecule has 1 atom stereocenters. The molecular weight excluding hydrogens is 341 g/mol. The maximum Gasteiger partial charge on any atom is 0.409 e. The zero-order valence-corrected chi connectivity index (χ0v) is 14.7. The normalized spacial score (nSPS) is 20.5. The van der Waals surface area contributed by atoms with Gasteiger partial charge in [-0.3, -0.25) is 14.5 Å². The van der Waals surface area contributed by atoms with E-state index in [0.717, 1.165) is 0 Å². The lowest BCUT2D eigenvalue weighted by atomic mass is 10.1. The Labute approximate surface area is 151 Å². The molecule has 0 saturated carbocycles. The average molecular weight is 363 g/mol. The molecule has 2 fully saturated rings. The molecule has 1 aromatic rings. The topological polar surface area (TPSA) is 70.2 Å². The number of ether oxygens (including phenoxy) is 1. The van der Waals surface area contributed by atoms with Gasteiger partial charge in [-0.2, -0.15) is 0 Å². The third-order valence-corrected chi connectivity index (χ3v) is 4.72. The van der Waals surface area contributed by atoms with Crippen LogP contribution in [0.4, 0.5) is 14.9 Å². The zero-order valence-electron chi connectivity index (χ0n) is 14.7. The molecule has 7 nitrogen and oxygen atoms in total. The molecule has 2 heterocycles. The van der Waals surface area contributed by atoms with Crippen molar-refractivity contribution in [1.29, 1.82) is 0 Å². The van der Waals surface area contributed by atoms with Gasteiger partial charge in [0.15, 0.2) is 0 Å². The molecule has 2 aliphatic rings. The Morgan fingerprint density at radius 3 is 2.35 bits per heavy atom. The van der Waals surface area contributed by atoms with Crippen LogP contribution < -0.4 is 4.90 Å². The number of anilines is 1. The minimum atomic E-state index is -0.581. The lowest BCUT2D eigenvalue weighted by molar-refractivity contribution is -0.134. The van der Waals surface area contributed by atoms with Crippen molar-refractivity contribution in [2.75, 3.05) is 37.7 Å². The van der Waals surface area contributed by atoms with Gasteiger partial charge in [-0.05, 0) is 37.6 Å². The summed E-state index contributed by atoms with van der Waals surface area (Å²) in [6, 6.07) is 5.00. The first-order valence-electron chi connectivity index (χ1n) is 8.79. The molecule has 2 aliphatic heterocycles. The van der Waals surface area contributed by atoms with Crippen LogP contribution in [0.3, 0.4) is 0 Å². The first-order chi connectivity index (χ1) is 12.5. The summed E-state index contributed by atoms with van der Waals surface area (Å²) in [5, 5.41) is 0. The molecular formula is C18H22FN3O4. The highest BCUT2D eigenvalue weighted by molar-refractivity contribution is 6.03. The Bertz CT molecular complexity index is 686. The molecule has 3 rings (SSSR count). The number of halogens is 1. The number of nitrogens with zero attached hydrogens (tertiary/aromatic N) is 3. The summed E-state index contributed by atoms with van der Waals surface area (Å²) in [5.41, 5.74) is 0.525. The predicted octanol–water partition coefficient (Wildman–Crippen LogP) is 1.62. The highest BCUT2D eigenvalue weighted by Crippen LogP contribution is 2.28. The SMILES string of the molecule is CCOC(=O)N1CCN(C(=O)C2CCC(=O)N2c2ccc(F)cc2)CC1. The van der Waals surface area contributed by atoms with Crippen LogP contribution in [0.15, 0.2) is 24.3 Å². The number of rotatable bonds is 3. The van der Waals surface area contributed by atoms with Gasteiger partial charge in [0.05, 0.1) is 6.61 Å². The molecule has 2 saturated heterocycles. The highest BCUT2D eigenvalue weighted by Gasteiger charge is 2.40. The molecule has 0 aliphatic carbocycles. The van der Waals surface area contributed by atoms with E-state index in [-0.39, 0.29) is 24.3 Å². The van der Waals surface area contributed by atoms with Crippen molar-refractivity contribution in [1.82, 2.24) is 9.80 Å². The van der Waals surface area contributed by atoms with Crippen LogP contribution in [0.5, 0.6) is 0 Å². The van der Waals surface area contributed by atoms with E-state index in [1.165, 1.54) is 29.2 Å². The molecule has 26 heavy (non-hydrogen) atoms. The van der Waals surface area contributed by atoms with Crippen molar-refractivity contribution in [3.8, 4) is 0 Å². The summed E-state index contributed by atoms with van der Waals surface area (Å²) < 4.78 is 18.1. The smallest absolute Gasteiger partial charge is 0.409 e. The van der Waals surface area contributed by atoms with Crippen LogP contribution in [-0.4, -0.2) is 66.5 Å². The summed E-state index contributed by atoms with van der Waals surface area (Å²) in [7, 11) is 0. The van der Waals surface area contributed by atoms with Crippen molar-refractivity contribution in [2.45, 2.75) is 25.8 Å². The zero-order chi connectivity index (χ0) is 18.7. The Morgan fingerprint density at radius 1 is 1.12 bits per heavy atom. The van der Waals surface area contributed by atoms with Gasteiger partial charge in [-0.25, -0.2) is 9.18 Å². The standard InChI is InChI=1S/C18H22FN3O4/c1-2-26-18(25)21-11-9-20(10-12-21)17(24)15-7-8-16(23)22(15)14-5-3-13(19)4-6-14/h3-6,15H,2,7-12H2,1H3. The molecule has 0 bridgehead atoms. The Morgan fingerprint density at radius 2 is 1.73 bits per heavy atom. The number of amides is 3. The van der Waals surface area contributed by atoms with Gasteiger partial charge in [-0.15, -0.1) is 0 Å². The maximum atomic E-state index is 13.2. The summed E-state index contributed by atoms with van der Waals surface area (Å²) in [4.78, 5) is 41.6. The van der Waals surface area contributed by atoms with E-state index in [0.29, 0.717) is 44.9 Å². The van der Waals surface area contributed by atoms with Crippen LogP contribution in [0.2, 0.25) is 0 Å². The van der Waals surface area contributed by atoms with Crippen LogP contribution in [-0.2, 0) is 14.3 Å². The van der Waals surface area contributed by atoms with Gasteiger partial charge in [0.2, 0.25) is 11.8 Å². The Balaban J connectivity index is 1.66. The van der Waals surface area contributed by atoms with Crippen molar-refractivity contribution in [3.63, 3.8) is 0 Å². The first-order valence-corrected chi connectivity index (χ1v) is 8.79. The van der Waals surface area contributed by atoms with Gasteiger partial charge in [0, 0.05) is 38.3 Å². The average Bonchev–Trinajstić information content (AvgIpc) is 3.03. The summed E-state index contributed by atoms with van der Waals surface area (Å²) in [6.45, 7) is 3.68. The van der Waals surface area contributed by atoms with Gasteiger partial charge >= 0.3 is 6.09 Å². The molecule has 8 heteroatoms. The minimum absolute atomic E-state index is 0.135. The number of hydrogen-bond donors (Lipinski definition) is 0. The lowest BCUT2D eigenvalue weighted by Gasteiger charge is -2.36. The van der Waals surface area contributed by atoms with E-state index in [9.17, 15) is 18.8 Å². The molecule has 3 amide bonds. The fourth-order valence-corrected chi connectivity index (χ4v) is 3.38. The second-order valence-electron chi connectivity index (χ2n) is 6.31. The predicted molar refractivity (Wildman–Crippen MR) is 92.1 cm³/mol. The van der Waals surface area contributed by atoms with Gasteiger partial charge in [0.25, 0.3) is 0 Å². The van der Waals surface area contributed by atoms with Crippen LogP contribution in [0.25, 0.3) is 0 Å². The number of carbonyl (C=O) groups excluding carboxylic acids is 3. The van der Waals surface area contributed by atoms with Gasteiger partial charge < -0.3 is 14.5 Å². The van der Waals surface area contributed by atoms with E-state index >= 15 is 0 Å². The highest BCUT2D eigenvalue weighted by atomic mass is 19.1. The summed E-state index contributed by atoms with van der Waals surface area (Å²) in [5.74, 6) is -0.665. The summed E-state index contributed by atoms with van der Waals surface area (Å²) in [6.07, 6.45) is 0.354. The third-order valence-electron chi connectivity index (χ3n) is 4.72. The van der Waals surface area contributed by atoms with E-state index in [2.05, 4.69) is 0 Å². The van der Waals surface area contributed by atoms with Gasteiger partial charge in [-0.1, -0.05) is 0 Å². The first kappa shape index (κ1) is 18.2. The monoisotopic (exact) mass is 363 g/mol. The van der Waals surface area contributed by atoms with Gasteiger partial charge in [0.1, 0.15) is 11.9 Å². The molecule has 0 radical (unpaired) electrons. The van der Waals surface area contributed by atoms with E-state index in [4.69, 9.17) is 4.74 Å². The maximum absolute atomic E-state index is 13.2. The second kappa shape index (κ2) is 7.72. The Kier molecular flexibility index (Phi) is 5.39. The fraction of sp³-hybridized carbons (Fsp3) is 0.500. The number of piperazine rings is 1. The van der Waals surface area contributed by atoms with E-state index in [1.807, 2.05) is 0 Å². The summed E-state index contributed by atoms with van der Waals surface area (Å²) >= 11 is 0. The third kappa shape index (κ3) is 3.63. The van der Waals surface area contributed by atoms with E-state index < -0.39 is 11.9 Å². The number of carbonyl (C=O) groups is 3. The largest absolute Gasteiger partial charge is 0.450 e. The van der Waals surface area contributed by atoms with Crippen molar-refractivity contribution >= 4 is 23.6 Å². The van der Waals surface area contributed by atoms with Crippen LogP contribution in [0, 0.1) is 5.82 Å². The second-order valence-corrected chi connectivity index (χ2v) is 6.31. The molecule has 0 aromatic heterocycles. The Hall–Kier alpha value is -2.64. The van der Waals surface area contributed by atoms with Crippen molar-refractivity contribution in [2.24, 2.45) is 0 Å². The number of benzene rings is 1. The van der Waals surface area contributed by atoms with E-state index in [1.54, 1.807) is 16.7 Å². The quantitative estimate of drug-likeness (QED) is 0.818. The lowest BCUT2D eigenvalue weighted by Crippen LogP contribution is -2.55. The van der Waals surface area contributed by atoms with Crippen LogP contribution in [0.1, 0.15) is 19.8 Å². The van der Waals surface area contributed by atoms with Crippen molar-refractivity contribution in [3.05, 3.63) is 30.1 Å². The minimum Gasteiger partial charge on any atom is -0.450 e. The molecule has 1 aromatic carbocycles. The molecule has 0 N–H and O–H groups in total. The molecule has 140 valence electrons. The van der Waals surface area contributed by atoms with Crippen LogP contribution >= 0.6 is 0 Å². The van der Waals surface area contributed by atoms with Crippen molar-refractivity contribution < 1.29 is 23.5 Å².